The average molecular weight is 559 g/mol. The van der Waals surface area contributed by atoms with Crippen LogP contribution in [0.2, 0.25) is 0 Å². The fourth-order valence-electron chi connectivity index (χ4n) is 4.64. The molecule has 0 aliphatic heterocycles. The Morgan fingerprint density at radius 2 is 1.14 bits per heavy atom. The number of carbonyl (C=O) groups excluding carboxylic acids is 2. The highest BCUT2D eigenvalue weighted by atomic mass is 16.7. The smallest absolute Gasteiger partial charge is 0.318 e. The number of hydrogen-bond acceptors (Lipinski definition) is 7. The van der Waals surface area contributed by atoms with Crippen molar-refractivity contribution < 1.29 is 19.3 Å². The summed E-state index contributed by atoms with van der Waals surface area (Å²) in [6.07, 6.45) is 0. The maximum atomic E-state index is 11.3. The van der Waals surface area contributed by atoms with Gasteiger partial charge < -0.3 is 9.68 Å². The van der Waals surface area contributed by atoms with Gasteiger partial charge in [0.05, 0.1) is 16.9 Å². The molecule has 0 spiro atoms. The predicted molar refractivity (Wildman–Crippen MR) is 166 cm³/mol. The first-order chi connectivity index (χ1) is 20.3. The van der Waals surface area contributed by atoms with Gasteiger partial charge in [0.25, 0.3) is 0 Å². The number of hydrogen-bond donors (Lipinski definition) is 0. The largest absolute Gasteiger partial charge is 0.331 e. The van der Waals surface area contributed by atoms with E-state index < -0.39 is 11.9 Å². The van der Waals surface area contributed by atoms with Crippen LogP contribution in [-0.2, 0) is 19.3 Å². The third kappa shape index (κ3) is 6.13. The minimum Gasteiger partial charge on any atom is -0.318 e. The fourth-order valence-corrected chi connectivity index (χ4v) is 4.64. The lowest BCUT2D eigenvalue weighted by molar-refractivity contribution is -0.141. The summed E-state index contributed by atoms with van der Waals surface area (Å²) in [5.41, 5.74) is 6.72. The lowest BCUT2D eigenvalue weighted by atomic mass is 10.1. The lowest BCUT2D eigenvalue weighted by Crippen LogP contribution is -2.14. The molecule has 0 unspecified atom stereocenters. The number of nitrogens with zero attached hydrogens (tertiary/aromatic N) is 4. The van der Waals surface area contributed by atoms with Crippen molar-refractivity contribution in [2.24, 2.45) is 10.3 Å². The molecule has 8 heteroatoms. The second-order valence-corrected chi connectivity index (χ2v) is 9.68. The third-order valence-electron chi connectivity index (χ3n) is 6.63. The normalized spacial score (nSPS) is 11.8. The second kappa shape index (κ2) is 12.3. The molecular formula is C34H30N4O4. The van der Waals surface area contributed by atoms with E-state index in [4.69, 9.17) is 9.68 Å². The van der Waals surface area contributed by atoms with Gasteiger partial charge in [-0.25, -0.2) is 9.59 Å². The van der Waals surface area contributed by atoms with E-state index in [1.165, 1.54) is 13.8 Å². The van der Waals surface area contributed by atoms with Crippen LogP contribution < -0.4 is 4.90 Å². The molecule has 0 fully saturated rings. The van der Waals surface area contributed by atoms with Crippen molar-refractivity contribution in [2.45, 2.75) is 27.7 Å². The Labute approximate surface area is 244 Å². The summed E-state index contributed by atoms with van der Waals surface area (Å²) in [5, 5.41) is 8.95. The Hall–Kier alpha value is -5.50. The molecule has 8 nitrogen and oxygen atoms in total. The molecule has 0 N–H and O–H groups in total. The number of rotatable bonds is 8. The number of anilines is 3. The van der Waals surface area contributed by atoms with Crippen molar-refractivity contribution in [3.05, 3.63) is 120 Å². The van der Waals surface area contributed by atoms with Gasteiger partial charge in [0.15, 0.2) is 0 Å². The molecule has 0 atom stereocenters. The Kier molecular flexibility index (Phi) is 8.24. The monoisotopic (exact) mass is 558 g/mol. The van der Waals surface area contributed by atoms with E-state index in [1.807, 2.05) is 79.7 Å². The highest BCUT2D eigenvalue weighted by molar-refractivity contribution is 6.03. The number of fused-ring (bicyclic) bond motifs is 1. The first-order valence-electron chi connectivity index (χ1n) is 13.4. The maximum absolute atomic E-state index is 11.3. The highest BCUT2D eigenvalue weighted by Crippen LogP contribution is 2.40. The van der Waals surface area contributed by atoms with E-state index in [2.05, 4.69) is 56.2 Å². The Bertz CT molecular complexity index is 1790. The van der Waals surface area contributed by atoms with Crippen LogP contribution in [0.25, 0.3) is 16.6 Å². The average Bonchev–Trinajstić information content (AvgIpc) is 3.38. The molecule has 0 saturated heterocycles. The summed E-state index contributed by atoms with van der Waals surface area (Å²) in [4.78, 5) is 34.5. The molecule has 0 aliphatic rings. The molecule has 0 bridgehead atoms. The molecule has 0 radical (unpaired) electrons. The van der Waals surface area contributed by atoms with Crippen LogP contribution in [-0.4, -0.2) is 27.9 Å². The van der Waals surface area contributed by atoms with Crippen LogP contribution in [0.3, 0.4) is 0 Å². The summed E-state index contributed by atoms with van der Waals surface area (Å²) >= 11 is 0. The Balaban J connectivity index is 1.70. The van der Waals surface area contributed by atoms with Crippen molar-refractivity contribution >= 4 is 51.5 Å². The number of oxime groups is 2. The van der Waals surface area contributed by atoms with Crippen LogP contribution in [0.4, 0.5) is 17.2 Å². The van der Waals surface area contributed by atoms with E-state index in [-0.39, 0.29) is 0 Å². The van der Waals surface area contributed by atoms with Gasteiger partial charge >= 0.3 is 11.9 Å². The fraction of sp³-hybridized carbons (Fsp3) is 0.118. The molecule has 5 rings (SSSR count). The van der Waals surface area contributed by atoms with Gasteiger partial charge in [0, 0.05) is 41.9 Å². The van der Waals surface area contributed by atoms with Crippen molar-refractivity contribution in [1.82, 2.24) is 4.57 Å². The molecule has 1 aromatic heterocycles. The van der Waals surface area contributed by atoms with Gasteiger partial charge in [0.1, 0.15) is 5.82 Å². The SMILES string of the molecule is CC(=O)O/N=C(/C)c1ccc(N(c2ccccc2)c2cc3ccc(/C(C)=N/OC(C)=O)cc3n2-c2ccccc2)cc1. The van der Waals surface area contributed by atoms with E-state index in [0.717, 1.165) is 44.9 Å². The van der Waals surface area contributed by atoms with Gasteiger partial charge in [-0.05, 0) is 67.9 Å². The van der Waals surface area contributed by atoms with Crippen LogP contribution >= 0.6 is 0 Å². The van der Waals surface area contributed by atoms with Crippen molar-refractivity contribution in [3.63, 3.8) is 0 Å². The zero-order chi connectivity index (χ0) is 29.6. The Morgan fingerprint density at radius 1 is 0.619 bits per heavy atom. The standard InChI is InChI=1S/C34H30N4O4/c1-23(35-41-25(3)39)27-17-19-32(20-18-27)37(30-11-7-5-8-12-30)34-22-29-16-15-28(24(2)36-42-26(4)40)21-33(29)38(34)31-13-9-6-10-14-31/h5-22H,1-4H3/b35-23-,36-24+. The van der Waals surface area contributed by atoms with E-state index >= 15 is 0 Å². The van der Waals surface area contributed by atoms with Crippen LogP contribution in [0.5, 0.6) is 0 Å². The van der Waals surface area contributed by atoms with E-state index in [9.17, 15) is 9.59 Å². The summed E-state index contributed by atoms with van der Waals surface area (Å²) in [6, 6.07) is 36.4. The van der Waals surface area contributed by atoms with Crippen LogP contribution in [0.1, 0.15) is 38.8 Å². The first kappa shape index (κ1) is 28.0. The van der Waals surface area contributed by atoms with Gasteiger partial charge in [-0.1, -0.05) is 71.0 Å². The van der Waals surface area contributed by atoms with Crippen LogP contribution in [0.15, 0.2) is 120 Å². The number of para-hydroxylation sites is 2. The lowest BCUT2D eigenvalue weighted by Gasteiger charge is -2.27. The molecule has 4 aromatic carbocycles. The highest BCUT2D eigenvalue weighted by Gasteiger charge is 2.21. The van der Waals surface area contributed by atoms with Gasteiger partial charge in [-0.2, -0.15) is 0 Å². The van der Waals surface area contributed by atoms with E-state index in [1.54, 1.807) is 6.92 Å². The van der Waals surface area contributed by atoms with Crippen LogP contribution in [0, 0.1) is 0 Å². The maximum Gasteiger partial charge on any atom is 0.331 e. The van der Waals surface area contributed by atoms with Crippen molar-refractivity contribution in [3.8, 4) is 5.69 Å². The molecular weight excluding hydrogens is 528 g/mol. The molecule has 0 aliphatic carbocycles. The number of benzene rings is 4. The molecule has 1 heterocycles. The van der Waals surface area contributed by atoms with Gasteiger partial charge in [0.2, 0.25) is 0 Å². The first-order valence-corrected chi connectivity index (χ1v) is 13.4. The zero-order valence-electron chi connectivity index (χ0n) is 23.8. The third-order valence-corrected chi connectivity index (χ3v) is 6.63. The molecule has 5 aromatic rings. The predicted octanol–water partition coefficient (Wildman–Crippen LogP) is 7.67. The quantitative estimate of drug-likeness (QED) is 0.111. The summed E-state index contributed by atoms with van der Waals surface area (Å²) in [5.74, 6) is -0.0131. The number of aromatic nitrogens is 1. The molecule has 0 amide bonds. The summed E-state index contributed by atoms with van der Waals surface area (Å²) in [7, 11) is 0. The molecule has 42 heavy (non-hydrogen) atoms. The summed E-state index contributed by atoms with van der Waals surface area (Å²) < 4.78 is 2.20. The van der Waals surface area contributed by atoms with Crippen molar-refractivity contribution in [1.29, 1.82) is 0 Å². The van der Waals surface area contributed by atoms with Gasteiger partial charge in [-0.15, -0.1) is 0 Å². The minimum atomic E-state index is -0.470. The topological polar surface area (TPSA) is 85.5 Å². The van der Waals surface area contributed by atoms with Gasteiger partial charge in [-0.3, -0.25) is 9.47 Å². The molecule has 0 saturated carbocycles. The number of carbonyl (C=O) groups is 2. The summed E-state index contributed by atoms with van der Waals surface area (Å²) in [6.45, 7) is 6.25. The van der Waals surface area contributed by atoms with E-state index in [0.29, 0.717) is 11.4 Å². The molecule has 210 valence electrons. The second-order valence-electron chi connectivity index (χ2n) is 9.68. The zero-order valence-corrected chi connectivity index (χ0v) is 23.8. The minimum absolute atomic E-state index is 0.467. The van der Waals surface area contributed by atoms with Crippen molar-refractivity contribution in [2.75, 3.05) is 4.90 Å². The Morgan fingerprint density at radius 3 is 1.74 bits per heavy atom.